The summed E-state index contributed by atoms with van der Waals surface area (Å²) in [4.78, 5) is 16.0. The number of nitrogens with zero attached hydrogens (tertiary/aromatic N) is 1. The molecular weight excluding hydrogens is 352 g/mol. The largest absolute Gasteiger partial charge is 0.495 e. The first-order valence-corrected chi connectivity index (χ1v) is 9.81. The quantitative estimate of drug-likeness (QED) is 0.707. The van der Waals surface area contributed by atoms with E-state index in [4.69, 9.17) is 9.15 Å². The average molecular weight is 379 g/mol. The first-order valence-electron chi connectivity index (χ1n) is 9.81. The third-order valence-electron chi connectivity index (χ3n) is 5.85. The Kier molecular flexibility index (Phi) is 5.09. The molecule has 1 N–H and O–H groups in total. The third-order valence-corrected chi connectivity index (χ3v) is 5.85. The van der Waals surface area contributed by atoms with Crippen molar-refractivity contribution >= 4 is 16.7 Å². The SMILES string of the molecule is COc1ccccc1N1CC[NH+](Cc2cc(=O)oc3c(C)c(C)ccc23)CC1. The maximum absolute atomic E-state index is 12.1. The van der Waals surface area contributed by atoms with Gasteiger partial charge in [0.1, 0.15) is 17.9 Å². The number of rotatable bonds is 4. The summed E-state index contributed by atoms with van der Waals surface area (Å²) in [5.74, 6) is 0.920. The molecule has 2 aromatic carbocycles. The van der Waals surface area contributed by atoms with Crippen LogP contribution in [0, 0.1) is 13.8 Å². The van der Waals surface area contributed by atoms with Crippen LogP contribution < -0.4 is 20.2 Å². The van der Waals surface area contributed by atoms with Gasteiger partial charge in [-0.15, -0.1) is 0 Å². The van der Waals surface area contributed by atoms with Gasteiger partial charge in [0.05, 0.1) is 39.0 Å². The van der Waals surface area contributed by atoms with Gasteiger partial charge in [0.15, 0.2) is 0 Å². The van der Waals surface area contributed by atoms with E-state index in [-0.39, 0.29) is 5.63 Å². The lowest BCUT2D eigenvalue weighted by Gasteiger charge is -2.34. The topological polar surface area (TPSA) is 47.1 Å². The van der Waals surface area contributed by atoms with E-state index in [9.17, 15) is 4.79 Å². The highest BCUT2D eigenvalue weighted by Gasteiger charge is 2.23. The molecule has 1 aliphatic rings. The lowest BCUT2D eigenvalue weighted by atomic mass is 10.0. The molecule has 28 heavy (non-hydrogen) atoms. The fourth-order valence-electron chi connectivity index (χ4n) is 4.07. The molecule has 3 aromatic rings. The van der Waals surface area contributed by atoms with Crippen molar-refractivity contribution in [2.24, 2.45) is 0 Å². The summed E-state index contributed by atoms with van der Waals surface area (Å²) in [5, 5.41) is 1.06. The number of anilines is 1. The molecule has 0 amide bonds. The normalized spacial score (nSPS) is 15.2. The smallest absolute Gasteiger partial charge is 0.336 e. The predicted molar refractivity (Wildman–Crippen MR) is 112 cm³/mol. The number of aryl methyl sites for hydroxylation is 2. The van der Waals surface area contributed by atoms with E-state index in [1.807, 2.05) is 26.0 Å². The summed E-state index contributed by atoms with van der Waals surface area (Å²) >= 11 is 0. The van der Waals surface area contributed by atoms with Gasteiger partial charge in [-0.25, -0.2) is 4.79 Å². The van der Waals surface area contributed by atoms with Crippen LogP contribution in [0.5, 0.6) is 5.75 Å². The Morgan fingerprint density at radius 3 is 2.61 bits per heavy atom. The van der Waals surface area contributed by atoms with Gasteiger partial charge in [0, 0.05) is 17.0 Å². The van der Waals surface area contributed by atoms with Gasteiger partial charge in [-0.2, -0.15) is 0 Å². The lowest BCUT2D eigenvalue weighted by Crippen LogP contribution is -3.13. The average Bonchev–Trinajstić information content (AvgIpc) is 2.71. The lowest BCUT2D eigenvalue weighted by molar-refractivity contribution is -0.914. The molecule has 0 atom stereocenters. The van der Waals surface area contributed by atoms with Crippen molar-refractivity contribution in [2.75, 3.05) is 38.2 Å². The summed E-state index contributed by atoms with van der Waals surface area (Å²) in [7, 11) is 1.72. The van der Waals surface area contributed by atoms with Crippen LogP contribution in [0.15, 0.2) is 51.7 Å². The Morgan fingerprint density at radius 2 is 1.86 bits per heavy atom. The van der Waals surface area contributed by atoms with Crippen LogP contribution in [0.25, 0.3) is 11.0 Å². The number of piperazine rings is 1. The minimum Gasteiger partial charge on any atom is -0.495 e. The first-order chi connectivity index (χ1) is 13.6. The maximum Gasteiger partial charge on any atom is 0.336 e. The Bertz CT molecular complexity index is 1050. The van der Waals surface area contributed by atoms with Crippen molar-refractivity contribution in [1.82, 2.24) is 0 Å². The maximum atomic E-state index is 12.1. The Hall–Kier alpha value is -2.79. The molecule has 0 unspecified atom stereocenters. The Morgan fingerprint density at radius 1 is 1.11 bits per heavy atom. The number of fused-ring (bicyclic) bond motifs is 1. The predicted octanol–water partition coefficient (Wildman–Crippen LogP) is 2.32. The van der Waals surface area contributed by atoms with Crippen molar-refractivity contribution in [1.29, 1.82) is 0 Å². The van der Waals surface area contributed by atoms with Crippen LogP contribution in [0.4, 0.5) is 5.69 Å². The molecule has 146 valence electrons. The summed E-state index contributed by atoms with van der Waals surface area (Å²) in [5.41, 5.74) is 4.90. The van der Waals surface area contributed by atoms with Gasteiger partial charge in [-0.05, 0) is 37.1 Å². The summed E-state index contributed by atoms with van der Waals surface area (Å²) < 4.78 is 11.0. The molecule has 0 spiro atoms. The number of ether oxygens (including phenoxy) is 1. The zero-order valence-corrected chi connectivity index (χ0v) is 16.7. The number of benzene rings is 2. The van der Waals surface area contributed by atoms with E-state index in [1.54, 1.807) is 13.2 Å². The van der Waals surface area contributed by atoms with E-state index in [2.05, 4.69) is 29.2 Å². The molecule has 5 nitrogen and oxygen atoms in total. The molecule has 0 bridgehead atoms. The van der Waals surface area contributed by atoms with E-state index in [0.29, 0.717) is 0 Å². The van der Waals surface area contributed by atoms with Crippen LogP contribution in [0.3, 0.4) is 0 Å². The fourth-order valence-corrected chi connectivity index (χ4v) is 4.07. The molecule has 1 saturated heterocycles. The van der Waals surface area contributed by atoms with E-state index < -0.39 is 0 Å². The van der Waals surface area contributed by atoms with Crippen LogP contribution in [-0.4, -0.2) is 33.3 Å². The number of hydrogen-bond acceptors (Lipinski definition) is 4. The Balaban J connectivity index is 1.53. The van der Waals surface area contributed by atoms with Crippen molar-refractivity contribution in [3.8, 4) is 5.75 Å². The second kappa shape index (κ2) is 7.68. The van der Waals surface area contributed by atoms with Crippen molar-refractivity contribution in [3.63, 3.8) is 0 Å². The van der Waals surface area contributed by atoms with Gasteiger partial charge in [0.25, 0.3) is 0 Å². The van der Waals surface area contributed by atoms with Gasteiger partial charge in [0.2, 0.25) is 0 Å². The second-order valence-corrected chi connectivity index (χ2v) is 7.56. The highest BCUT2D eigenvalue weighted by molar-refractivity contribution is 5.83. The van der Waals surface area contributed by atoms with Crippen molar-refractivity contribution in [3.05, 3.63) is 69.6 Å². The Labute approximate surface area is 165 Å². The molecular formula is C23H27N2O3+. The van der Waals surface area contributed by atoms with Crippen molar-refractivity contribution < 1.29 is 14.1 Å². The summed E-state index contributed by atoms with van der Waals surface area (Å²) in [6, 6.07) is 14.0. The molecule has 2 heterocycles. The van der Waals surface area contributed by atoms with Crippen molar-refractivity contribution in [2.45, 2.75) is 20.4 Å². The van der Waals surface area contributed by atoms with Crippen LogP contribution in [0.2, 0.25) is 0 Å². The summed E-state index contributed by atoms with van der Waals surface area (Å²) in [6.07, 6.45) is 0. The molecule has 4 rings (SSSR count). The second-order valence-electron chi connectivity index (χ2n) is 7.56. The third kappa shape index (κ3) is 3.50. The molecule has 5 heteroatoms. The van der Waals surface area contributed by atoms with E-state index in [1.165, 1.54) is 4.90 Å². The molecule has 1 fully saturated rings. The highest BCUT2D eigenvalue weighted by Crippen LogP contribution is 2.27. The molecule has 1 aromatic heterocycles. The molecule has 0 saturated carbocycles. The zero-order valence-electron chi connectivity index (χ0n) is 16.7. The molecule has 1 aliphatic heterocycles. The van der Waals surface area contributed by atoms with Crippen LogP contribution in [0.1, 0.15) is 16.7 Å². The monoisotopic (exact) mass is 379 g/mol. The first kappa shape index (κ1) is 18.6. The van der Waals surface area contributed by atoms with Gasteiger partial charge < -0.3 is 19.0 Å². The van der Waals surface area contributed by atoms with Crippen LogP contribution >= 0.6 is 0 Å². The van der Waals surface area contributed by atoms with E-state index >= 15 is 0 Å². The van der Waals surface area contributed by atoms with Gasteiger partial charge in [-0.3, -0.25) is 0 Å². The number of nitrogens with one attached hydrogen (secondary N) is 1. The zero-order chi connectivity index (χ0) is 19.7. The number of hydrogen-bond donors (Lipinski definition) is 1. The molecule has 0 radical (unpaired) electrons. The fraction of sp³-hybridized carbons (Fsp3) is 0.348. The van der Waals surface area contributed by atoms with Gasteiger partial charge >= 0.3 is 5.63 Å². The van der Waals surface area contributed by atoms with E-state index in [0.717, 1.165) is 71.8 Å². The number of para-hydroxylation sites is 2. The van der Waals surface area contributed by atoms with Gasteiger partial charge in [-0.1, -0.05) is 24.3 Å². The number of quaternary nitrogens is 1. The number of methoxy groups -OCH3 is 1. The van der Waals surface area contributed by atoms with Crippen LogP contribution in [-0.2, 0) is 6.54 Å². The molecule has 0 aliphatic carbocycles. The minimum atomic E-state index is -0.261. The minimum absolute atomic E-state index is 0.261. The highest BCUT2D eigenvalue weighted by atomic mass is 16.5. The standard InChI is InChI=1S/C23H26N2O3/c1-16-8-9-19-18(14-22(26)28-23(19)17(16)2)15-24-10-12-25(13-11-24)20-6-4-5-7-21(20)27-3/h4-9,14H,10-13,15H2,1-3H3/p+1. The summed E-state index contributed by atoms with van der Waals surface area (Å²) in [6.45, 7) is 8.87.